The predicted molar refractivity (Wildman–Crippen MR) is 114 cm³/mol. The molecule has 2 aliphatic rings. The van der Waals surface area contributed by atoms with Crippen LogP contribution in [0.4, 0.5) is 16.3 Å². The lowest BCUT2D eigenvalue weighted by molar-refractivity contribution is 0.211. The summed E-state index contributed by atoms with van der Waals surface area (Å²) in [5.41, 5.74) is 2.23. The largest absolute Gasteiger partial charge is 0.352 e. The third-order valence-corrected chi connectivity index (χ3v) is 5.64. The number of benzene rings is 1. The van der Waals surface area contributed by atoms with Crippen LogP contribution in [0.2, 0.25) is 0 Å². The third-order valence-electron chi connectivity index (χ3n) is 5.64. The molecule has 2 saturated heterocycles. The molecule has 29 heavy (non-hydrogen) atoms. The second-order valence-electron chi connectivity index (χ2n) is 7.54. The van der Waals surface area contributed by atoms with Crippen LogP contribution < -0.4 is 15.5 Å². The lowest BCUT2D eigenvalue weighted by atomic mass is 10.2. The Morgan fingerprint density at radius 1 is 1.07 bits per heavy atom. The van der Waals surface area contributed by atoms with Crippen LogP contribution in [-0.4, -0.2) is 59.9 Å². The molecule has 2 atom stereocenters. The molecule has 2 aromatic rings. The van der Waals surface area contributed by atoms with E-state index in [0.29, 0.717) is 24.3 Å². The number of nitrogens with zero attached hydrogens (tertiary/aromatic N) is 4. The number of aromatic nitrogens is 2. The summed E-state index contributed by atoms with van der Waals surface area (Å²) in [4.78, 5) is 16.4. The van der Waals surface area contributed by atoms with Crippen LogP contribution in [0, 0.1) is 11.8 Å². The number of hydrogen-bond donors (Lipinski definition) is 2. The van der Waals surface area contributed by atoms with Crippen LogP contribution in [0.5, 0.6) is 0 Å². The van der Waals surface area contributed by atoms with E-state index in [2.05, 4.69) is 49.5 Å². The van der Waals surface area contributed by atoms with Crippen molar-refractivity contribution in [2.45, 2.75) is 31.8 Å². The van der Waals surface area contributed by atoms with Gasteiger partial charge in [0.15, 0.2) is 5.82 Å². The van der Waals surface area contributed by atoms with E-state index < -0.39 is 0 Å². The Hall–Kier alpha value is -3.11. The second-order valence-corrected chi connectivity index (χ2v) is 7.54. The van der Waals surface area contributed by atoms with Crippen molar-refractivity contribution in [2.24, 2.45) is 0 Å². The molecule has 0 radical (unpaired) electrons. The summed E-state index contributed by atoms with van der Waals surface area (Å²) in [6.45, 7) is 4.50. The molecule has 2 amide bonds. The van der Waals surface area contributed by atoms with Crippen molar-refractivity contribution in [2.75, 3.05) is 36.9 Å². The van der Waals surface area contributed by atoms with E-state index in [4.69, 9.17) is 0 Å². The number of nitrogens with one attached hydrogen (secondary N) is 2. The first-order valence-corrected chi connectivity index (χ1v) is 10.1. The van der Waals surface area contributed by atoms with E-state index in [1.54, 1.807) is 0 Å². The van der Waals surface area contributed by atoms with E-state index in [9.17, 15) is 4.79 Å². The number of anilines is 2. The lowest BCUT2D eigenvalue weighted by Gasteiger charge is -2.39. The maximum absolute atomic E-state index is 11.5. The zero-order valence-electron chi connectivity index (χ0n) is 16.9. The normalized spacial score (nSPS) is 20.7. The maximum atomic E-state index is 11.5. The summed E-state index contributed by atoms with van der Waals surface area (Å²) in [5, 5.41) is 14.2. The number of carbonyl (C=O) groups is 1. The molecular formula is C22H26N6O. The first-order valence-electron chi connectivity index (χ1n) is 10.1. The molecule has 2 fully saturated rings. The highest BCUT2D eigenvalue weighted by atomic mass is 16.2. The molecule has 1 aromatic carbocycles. The van der Waals surface area contributed by atoms with Gasteiger partial charge in [-0.3, -0.25) is 4.90 Å². The lowest BCUT2D eigenvalue weighted by Crippen LogP contribution is -2.52. The summed E-state index contributed by atoms with van der Waals surface area (Å²) in [6.07, 6.45) is 2.54. The molecule has 3 heterocycles. The molecular weight excluding hydrogens is 364 g/mol. The maximum Gasteiger partial charge on any atom is 0.319 e. The minimum atomic E-state index is -0.213. The highest BCUT2D eigenvalue weighted by Crippen LogP contribution is 2.30. The molecule has 7 nitrogen and oxygen atoms in total. The Balaban J connectivity index is 1.37. The summed E-state index contributed by atoms with van der Waals surface area (Å²) < 4.78 is 0. The first kappa shape index (κ1) is 19.2. The first-order chi connectivity index (χ1) is 14.1. The van der Waals surface area contributed by atoms with Gasteiger partial charge in [0.25, 0.3) is 0 Å². The SMILES string of the molecule is CCNC(=O)Nc1ccc(C#Cc2ccc(N3CC4CCC(C3)N4C)nn2)cc1. The molecule has 2 aliphatic heterocycles. The Kier molecular flexibility index (Phi) is 5.63. The van der Waals surface area contributed by atoms with Gasteiger partial charge in [0.1, 0.15) is 5.69 Å². The van der Waals surface area contributed by atoms with Gasteiger partial charge in [-0.1, -0.05) is 5.92 Å². The number of piperazine rings is 1. The Bertz CT molecular complexity index is 901. The number of rotatable bonds is 3. The van der Waals surface area contributed by atoms with Gasteiger partial charge in [-0.25, -0.2) is 4.79 Å². The van der Waals surface area contributed by atoms with Crippen LogP contribution in [0.15, 0.2) is 36.4 Å². The fraction of sp³-hybridized carbons (Fsp3) is 0.409. The molecule has 0 aliphatic carbocycles. The molecule has 2 unspecified atom stereocenters. The number of likely N-dealkylation sites (N-methyl/N-ethyl adjacent to an activating group) is 1. The fourth-order valence-corrected chi connectivity index (χ4v) is 3.97. The van der Waals surface area contributed by atoms with Crippen molar-refractivity contribution < 1.29 is 4.79 Å². The van der Waals surface area contributed by atoms with Gasteiger partial charge in [-0.15, -0.1) is 10.2 Å². The van der Waals surface area contributed by atoms with Crippen molar-refractivity contribution in [1.29, 1.82) is 0 Å². The van der Waals surface area contributed by atoms with Crippen molar-refractivity contribution in [1.82, 2.24) is 20.4 Å². The zero-order chi connectivity index (χ0) is 20.2. The Morgan fingerprint density at radius 3 is 2.41 bits per heavy atom. The van der Waals surface area contributed by atoms with Crippen LogP contribution in [0.1, 0.15) is 31.0 Å². The van der Waals surface area contributed by atoms with Crippen molar-refractivity contribution in [3.8, 4) is 11.8 Å². The van der Waals surface area contributed by atoms with E-state index in [1.807, 2.05) is 43.3 Å². The highest BCUT2D eigenvalue weighted by molar-refractivity contribution is 5.89. The number of amides is 2. The number of hydrogen-bond acceptors (Lipinski definition) is 5. The minimum absolute atomic E-state index is 0.213. The van der Waals surface area contributed by atoms with E-state index >= 15 is 0 Å². The van der Waals surface area contributed by atoms with Gasteiger partial charge in [0, 0.05) is 43.0 Å². The average molecular weight is 390 g/mol. The quantitative estimate of drug-likeness (QED) is 0.787. The highest BCUT2D eigenvalue weighted by Gasteiger charge is 2.37. The smallest absolute Gasteiger partial charge is 0.319 e. The monoisotopic (exact) mass is 390 g/mol. The average Bonchev–Trinajstić information content (AvgIpc) is 2.93. The van der Waals surface area contributed by atoms with Crippen molar-refractivity contribution in [3.63, 3.8) is 0 Å². The number of urea groups is 1. The van der Waals surface area contributed by atoms with E-state index in [-0.39, 0.29) is 6.03 Å². The summed E-state index contributed by atoms with van der Waals surface area (Å²) in [6, 6.07) is 12.4. The van der Waals surface area contributed by atoms with Crippen LogP contribution >= 0.6 is 0 Å². The Labute approximate surface area is 171 Å². The summed E-state index contributed by atoms with van der Waals surface area (Å²) in [5.74, 6) is 7.08. The third kappa shape index (κ3) is 4.49. The van der Waals surface area contributed by atoms with Crippen molar-refractivity contribution >= 4 is 17.5 Å². The summed E-state index contributed by atoms with van der Waals surface area (Å²) >= 11 is 0. The standard InChI is InChI=1S/C22H26N6O/c1-3-23-22(29)24-17-7-4-16(5-8-17)6-9-18-10-13-21(26-25-18)28-14-19-11-12-20(15-28)27(19)2/h4-5,7-8,10,13,19-20H,3,11-12,14-15H2,1-2H3,(H2,23,24,29). The zero-order valence-corrected chi connectivity index (χ0v) is 16.9. The number of carbonyl (C=O) groups excluding carboxylic acids is 1. The van der Waals surface area contributed by atoms with Gasteiger partial charge in [0.05, 0.1) is 0 Å². The molecule has 150 valence electrons. The molecule has 0 saturated carbocycles. The number of fused-ring (bicyclic) bond motifs is 2. The van der Waals surface area contributed by atoms with Crippen LogP contribution in [0.3, 0.4) is 0 Å². The molecule has 0 spiro atoms. The van der Waals surface area contributed by atoms with E-state index in [0.717, 1.165) is 30.2 Å². The van der Waals surface area contributed by atoms with E-state index in [1.165, 1.54) is 12.8 Å². The molecule has 2 bridgehead atoms. The van der Waals surface area contributed by atoms with Crippen LogP contribution in [0.25, 0.3) is 0 Å². The second kappa shape index (κ2) is 8.50. The van der Waals surface area contributed by atoms with Gasteiger partial charge in [-0.05, 0) is 69.1 Å². The van der Waals surface area contributed by atoms with Crippen LogP contribution in [-0.2, 0) is 0 Å². The molecule has 1 aromatic heterocycles. The topological polar surface area (TPSA) is 73.4 Å². The Morgan fingerprint density at radius 2 is 1.79 bits per heavy atom. The minimum Gasteiger partial charge on any atom is -0.352 e. The fourth-order valence-electron chi connectivity index (χ4n) is 3.97. The van der Waals surface area contributed by atoms with Gasteiger partial charge >= 0.3 is 6.03 Å². The van der Waals surface area contributed by atoms with Gasteiger partial charge in [0.2, 0.25) is 0 Å². The molecule has 7 heteroatoms. The van der Waals surface area contributed by atoms with Crippen molar-refractivity contribution in [3.05, 3.63) is 47.7 Å². The van der Waals surface area contributed by atoms with Gasteiger partial charge < -0.3 is 15.5 Å². The summed E-state index contributed by atoms with van der Waals surface area (Å²) in [7, 11) is 2.23. The molecule has 2 N–H and O–H groups in total. The molecule has 4 rings (SSSR count). The predicted octanol–water partition coefficient (Wildman–Crippen LogP) is 2.30. The van der Waals surface area contributed by atoms with Gasteiger partial charge in [-0.2, -0.15) is 0 Å².